The van der Waals surface area contributed by atoms with Gasteiger partial charge in [0, 0.05) is 12.6 Å². The molecule has 16 heavy (non-hydrogen) atoms. The molecule has 1 aliphatic rings. The number of rotatable bonds is 5. The predicted octanol–water partition coefficient (Wildman–Crippen LogP) is 0.442. The highest BCUT2D eigenvalue weighted by molar-refractivity contribution is 5.77. The SMILES string of the molecule is CCNC(=O)CNC(C)C1CCN(C)CC1. The molecule has 1 amide bonds. The van der Waals surface area contributed by atoms with Gasteiger partial charge in [-0.2, -0.15) is 0 Å². The Morgan fingerprint density at radius 1 is 1.44 bits per heavy atom. The fourth-order valence-corrected chi connectivity index (χ4v) is 2.21. The lowest BCUT2D eigenvalue weighted by Crippen LogP contribution is -2.44. The zero-order chi connectivity index (χ0) is 12.0. The minimum atomic E-state index is 0.0993. The lowest BCUT2D eigenvalue weighted by atomic mass is 9.90. The summed E-state index contributed by atoms with van der Waals surface area (Å²) in [6.45, 7) is 7.65. The molecule has 4 nitrogen and oxygen atoms in total. The Kier molecular flexibility index (Phi) is 5.77. The third-order valence-corrected chi connectivity index (χ3v) is 3.43. The second-order valence-corrected chi connectivity index (χ2v) is 4.76. The maximum atomic E-state index is 11.3. The molecule has 0 spiro atoms. The Bertz CT molecular complexity index is 212. The van der Waals surface area contributed by atoms with Crippen LogP contribution in [0.3, 0.4) is 0 Å². The molecule has 0 radical (unpaired) electrons. The van der Waals surface area contributed by atoms with Gasteiger partial charge in [-0.15, -0.1) is 0 Å². The van der Waals surface area contributed by atoms with Crippen LogP contribution in [0.25, 0.3) is 0 Å². The average molecular weight is 227 g/mol. The van der Waals surface area contributed by atoms with E-state index in [0.29, 0.717) is 25.0 Å². The molecule has 0 aliphatic carbocycles. The molecule has 94 valence electrons. The van der Waals surface area contributed by atoms with E-state index in [1.807, 2.05) is 6.92 Å². The van der Waals surface area contributed by atoms with Crippen LogP contribution in [0.4, 0.5) is 0 Å². The van der Waals surface area contributed by atoms with Crippen LogP contribution >= 0.6 is 0 Å². The first kappa shape index (κ1) is 13.5. The van der Waals surface area contributed by atoms with Gasteiger partial charge >= 0.3 is 0 Å². The van der Waals surface area contributed by atoms with Crippen LogP contribution in [0.5, 0.6) is 0 Å². The first-order valence-corrected chi connectivity index (χ1v) is 6.32. The molecule has 0 aromatic carbocycles. The maximum Gasteiger partial charge on any atom is 0.233 e. The summed E-state index contributed by atoms with van der Waals surface area (Å²) < 4.78 is 0. The summed E-state index contributed by atoms with van der Waals surface area (Å²) in [5, 5.41) is 6.12. The van der Waals surface area contributed by atoms with Gasteiger partial charge in [0.1, 0.15) is 0 Å². The van der Waals surface area contributed by atoms with Crippen molar-refractivity contribution in [3.63, 3.8) is 0 Å². The molecule has 1 rings (SSSR count). The van der Waals surface area contributed by atoms with E-state index < -0.39 is 0 Å². The van der Waals surface area contributed by atoms with Crippen molar-refractivity contribution >= 4 is 5.91 Å². The normalized spacial score (nSPS) is 20.7. The summed E-state index contributed by atoms with van der Waals surface area (Å²) in [5.74, 6) is 0.813. The van der Waals surface area contributed by atoms with E-state index in [2.05, 4.69) is 29.5 Å². The number of carbonyl (C=O) groups is 1. The summed E-state index contributed by atoms with van der Waals surface area (Å²) in [4.78, 5) is 13.7. The van der Waals surface area contributed by atoms with Gasteiger partial charge in [0.2, 0.25) is 5.91 Å². The fourth-order valence-electron chi connectivity index (χ4n) is 2.21. The number of amides is 1. The molecular weight excluding hydrogens is 202 g/mol. The first-order valence-electron chi connectivity index (χ1n) is 6.32. The van der Waals surface area contributed by atoms with Crippen molar-refractivity contribution in [2.24, 2.45) is 5.92 Å². The van der Waals surface area contributed by atoms with Crippen molar-refractivity contribution in [1.29, 1.82) is 0 Å². The number of piperidine rings is 1. The zero-order valence-corrected chi connectivity index (χ0v) is 10.8. The molecule has 2 N–H and O–H groups in total. The van der Waals surface area contributed by atoms with Gasteiger partial charge in [0.15, 0.2) is 0 Å². The Morgan fingerprint density at radius 3 is 2.62 bits per heavy atom. The fraction of sp³-hybridized carbons (Fsp3) is 0.917. The van der Waals surface area contributed by atoms with Gasteiger partial charge in [-0.25, -0.2) is 0 Å². The molecule has 0 aromatic rings. The lowest BCUT2D eigenvalue weighted by molar-refractivity contribution is -0.120. The number of likely N-dealkylation sites (tertiary alicyclic amines) is 1. The molecule has 1 fully saturated rings. The highest BCUT2D eigenvalue weighted by Gasteiger charge is 2.22. The van der Waals surface area contributed by atoms with Crippen molar-refractivity contribution in [2.45, 2.75) is 32.7 Å². The van der Waals surface area contributed by atoms with Crippen LogP contribution in [0.2, 0.25) is 0 Å². The summed E-state index contributed by atoms with van der Waals surface area (Å²) in [7, 11) is 2.17. The number of hydrogen-bond donors (Lipinski definition) is 2. The molecule has 1 heterocycles. The topological polar surface area (TPSA) is 44.4 Å². The van der Waals surface area contributed by atoms with E-state index in [1.165, 1.54) is 25.9 Å². The van der Waals surface area contributed by atoms with Gasteiger partial charge in [-0.05, 0) is 52.7 Å². The van der Waals surface area contributed by atoms with Crippen molar-refractivity contribution in [3.8, 4) is 0 Å². The van der Waals surface area contributed by atoms with Gasteiger partial charge in [-0.1, -0.05) is 0 Å². The third kappa shape index (κ3) is 4.49. The quantitative estimate of drug-likeness (QED) is 0.716. The van der Waals surface area contributed by atoms with E-state index in [4.69, 9.17) is 0 Å². The van der Waals surface area contributed by atoms with E-state index in [0.717, 1.165) is 0 Å². The Morgan fingerprint density at radius 2 is 2.06 bits per heavy atom. The molecule has 0 aromatic heterocycles. The highest BCUT2D eigenvalue weighted by Crippen LogP contribution is 2.19. The van der Waals surface area contributed by atoms with E-state index in [1.54, 1.807) is 0 Å². The van der Waals surface area contributed by atoms with Gasteiger partial charge in [0.05, 0.1) is 6.54 Å². The maximum absolute atomic E-state index is 11.3. The molecule has 0 bridgehead atoms. The predicted molar refractivity (Wildman–Crippen MR) is 66.4 cm³/mol. The minimum absolute atomic E-state index is 0.0993. The van der Waals surface area contributed by atoms with E-state index >= 15 is 0 Å². The second-order valence-electron chi connectivity index (χ2n) is 4.76. The summed E-state index contributed by atoms with van der Waals surface area (Å²) in [6, 6.07) is 0.441. The number of likely N-dealkylation sites (N-methyl/N-ethyl adjacent to an activating group) is 1. The van der Waals surface area contributed by atoms with Crippen LogP contribution in [-0.2, 0) is 4.79 Å². The first-order chi connectivity index (χ1) is 7.63. The monoisotopic (exact) mass is 227 g/mol. The van der Waals surface area contributed by atoms with Crippen molar-refractivity contribution in [3.05, 3.63) is 0 Å². The number of nitrogens with zero attached hydrogens (tertiary/aromatic N) is 1. The van der Waals surface area contributed by atoms with Gasteiger partial charge in [-0.3, -0.25) is 4.79 Å². The number of hydrogen-bond acceptors (Lipinski definition) is 3. The van der Waals surface area contributed by atoms with Crippen molar-refractivity contribution in [1.82, 2.24) is 15.5 Å². The smallest absolute Gasteiger partial charge is 0.233 e. The Labute approximate surface area is 98.8 Å². The molecule has 1 atom stereocenters. The van der Waals surface area contributed by atoms with E-state index in [-0.39, 0.29) is 5.91 Å². The van der Waals surface area contributed by atoms with Crippen molar-refractivity contribution in [2.75, 3.05) is 33.2 Å². The van der Waals surface area contributed by atoms with Crippen LogP contribution in [0, 0.1) is 5.92 Å². The Hall–Kier alpha value is -0.610. The average Bonchev–Trinajstić information content (AvgIpc) is 2.27. The summed E-state index contributed by atoms with van der Waals surface area (Å²) >= 11 is 0. The Balaban J connectivity index is 2.19. The number of nitrogens with one attached hydrogen (secondary N) is 2. The molecule has 1 unspecified atom stereocenters. The zero-order valence-electron chi connectivity index (χ0n) is 10.8. The molecular formula is C12H25N3O. The van der Waals surface area contributed by atoms with Crippen molar-refractivity contribution < 1.29 is 4.79 Å². The molecule has 4 heteroatoms. The molecule has 1 saturated heterocycles. The van der Waals surface area contributed by atoms with E-state index in [9.17, 15) is 4.79 Å². The summed E-state index contributed by atoms with van der Waals surface area (Å²) in [5.41, 5.74) is 0. The van der Waals surface area contributed by atoms with Crippen LogP contribution in [-0.4, -0.2) is 50.1 Å². The second kappa shape index (κ2) is 6.86. The lowest BCUT2D eigenvalue weighted by Gasteiger charge is -2.33. The standard InChI is InChI=1S/C12H25N3O/c1-4-13-12(16)9-14-10(2)11-5-7-15(3)8-6-11/h10-11,14H,4-9H2,1-3H3,(H,13,16). The molecule has 0 saturated carbocycles. The summed E-state index contributed by atoms with van der Waals surface area (Å²) in [6.07, 6.45) is 2.47. The van der Waals surface area contributed by atoms with Crippen LogP contribution in [0.1, 0.15) is 26.7 Å². The van der Waals surface area contributed by atoms with Gasteiger partial charge < -0.3 is 15.5 Å². The van der Waals surface area contributed by atoms with Gasteiger partial charge in [0.25, 0.3) is 0 Å². The third-order valence-electron chi connectivity index (χ3n) is 3.43. The largest absolute Gasteiger partial charge is 0.355 e. The minimum Gasteiger partial charge on any atom is -0.355 e. The van der Waals surface area contributed by atoms with Crippen LogP contribution < -0.4 is 10.6 Å². The highest BCUT2D eigenvalue weighted by atomic mass is 16.1. The van der Waals surface area contributed by atoms with Crippen LogP contribution in [0.15, 0.2) is 0 Å². The molecule has 1 aliphatic heterocycles. The number of carbonyl (C=O) groups excluding carboxylic acids is 1.